The molecule has 2 aliphatic rings. The Morgan fingerprint density at radius 2 is 1.85 bits per heavy atom. The smallest absolute Gasteiger partial charge is 0.272 e. The van der Waals surface area contributed by atoms with Crippen molar-refractivity contribution in [2.75, 3.05) is 38.5 Å². The minimum atomic E-state index is 0.0480. The van der Waals surface area contributed by atoms with Crippen LogP contribution in [-0.2, 0) is 0 Å². The van der Waals surface area contributed by atoms with Crippen LogP contribution < -0.4 is 5.32 Å². The van der Waals surface area contributed by atoms with E-state index in [-0.39, 0.29) is 5.91 Å². The van der Waals surface area contributed by atoms with E-state index >= 15 is 0 Å². The van der Waals surface area contributed by atoms with E-state index in [2.05, 4.69) is 32.3 Å². The van der Waals surface area contributed by atoms with Crippen molar-refractivity contribution in [3.05, 3.63) is 48.7 Å². The van der Waals surface area contributed by atoms with Gasteiger partial charge in [0.05, 0.1) is 17.9 Å². The molecule has 2 saturated heterocycles. The van der Waals surface area contributed by atoms with E-state index in [9.17, 15) is 4.79 Å². The lowest BCUT2D eigenvalue weighted by Crippen LogP contribution is -2.37. The van der Waals surface area contributed by atoms with Crippen LogP contribution in [-0.4, -0.2) is 79.0 Å². The van der Waals surface area contributed by atoms with Crippen LogP contribution in [0, 0.1) is 0 Å². The molecular formula is C24H28N8O. The fourth-order valence-electron chi connectivity index (χ4n) is 4.93. The fraction of sp³-hybridized carbons (Fsp3) is 0.417. The van der Waals surface area contributed by atoms with Crippen molar-refractivity contribution in [3.63, 3.8) is 0 Å². The summed E-state index contributed by atoms with van der Waals surface area (Å²) in [6.45, 7) is 3.82. The minimum Gasteiger partial charge on any atom is -0.350 e. The SMILES string of the molecule is CN1CCC(Nc2ncc3c(-c4ccc5ncc(C(=O)N6CCCC6)n5c4)ccn3n2)CC1. The Morgan fingerprint density at radius 3 is 2.67 bits per heavy atom. The lowest BCUT2D eigenvalue weighted by atomic mass is 10.1. The molecular weight excluding hydrogens is 416 g/mol. The summed E-state index contributed by atoms with van der Waals surface area (Å²) in [4.78, 5) is 26.3. The Balaban J connectivity index is 1.29. The predicted molar refractivity (Wildman–Crippen MR) is 126 cm³/mol. The number of anilines is 1. The molecule has 170 valence electrons. The first-order chi connectivity index (χ1) is 16.2. The van der Waals surface area contributed by atoms with Gasteiger partial charge >= 0.3 is 0 Å². The van der Waals surface area contributed by atoms with Gasteiger partial charge in [0.1, 0.15) is 11.3 Å². The molecule has 9 heteroatoms. The summed E-state index contributed by atoms with van der Waals surface area (Å²) in [5, 5.41) is 8.17. The topological polar surface area (TPSA) is 83.1 Å². The molecule has 6 rings (SSSR count). The second-order valence-electron chi connectivity index (χ2n) is 9.15. The summed E-state index contributed by atoms with van der Waals surface area (Å²) in [6.07, 6.45) is 11.8. The van der Waals surface area contributed by atoms with Gasteiger partial charge in [0.25, 0.3) is 5.91 Å². The molecule has 0 bridgehead atoms. The summed E-state index contributed by atoms with van der Waals surface area (Å²) in [7, 11) is 2.16. The van der Waals surface area contributed by atoms with Gasteiger partial charge in [0.2, 0.25) is 5.95 Å². The monoisotopic (exact) mass is 444 g/mol. The molecule has 0 spiro atoms. The summed E-state index contributed by atoms with van der Waals surface area (Å²) in [5.74, 6) is 0.703. The second kappa shape index (κ2) is 8.15. The maximum Gasteiger partial charge on any atom is 0.272 e. The first kappa shape index (κ1) is 20.2. The van der Waals surface area contributed by atoms with Gasteiger partial charge < -0.3 is 15.1 Å². The van der Waals surface area contributed by atoms with Gasteiger partial charge in [-0.25, -0.2) is 14.5 Å². The number of carbonyl (C=O) groups is 1. The van der Waals surface area contributed by atoms with Crippen molar-refractivity contribution in [1.29, 1.82) is 0 Å². The number of rotatable bonds is 4. The number of piperidine rings is 1. The number of imidazole rings is 1. The lowest BCUT2D eigenvalue weighted by molar-refractivity contribution is 0.0786. The summed E-state index contributed by atoms with van der Waals surface area (Å²) in [6, 6.07) is 6.44. The van der Waals surface area contributed by atoms with Crippen molar-refractivity contribution >= 4 is 23.0 Å². The zero-order valence-electron chi connectivity index (χ0n) is 18.8. The first-order valence-corrected chi connectivity index (χ1v) is 11.7. The molecule has 1 amide bonds. The van der Waals surface area contributed by atoms with Crippen molar-refractivity contribution < 1.29 is 4.79 Å². The number of amides is 1. The van der Waals surface area contributed by atoms with Crippen molar-refractivity contribution in [2.45, 2.75) is 31.7 Å². The van der Waals surface area contributed by atoms with E-state index in [0.717, 1.165) is 74.2 Å². The molecule has 33 heavy (non-hydrogen) atoms. The Labute approximate surface area is 192 Å². The van der Waals surface area contributed by atoms with Crippen LogP contribution in [0.4, 0.5) is 5.95 Å². The van der Waals surface area contributed by atoms with E-state index < -0.39 is 0 Å². The molecule has 6 heterocycles. The third-order valence-corrected chi connectivity index (χ3v) is 6.90. The van der Waals surface area contributed by atoms with Crippen LogP contribution in [0.2, 0.25) is 0 Å². The maximum atomic E-state index is 13.0. The van der Waals surface area contributed by atoms with Gasteiger partial charge in [-0.2, -0.15) is 0 Å². The quantitative estimate of drug-likeness (QED) is 0.521. The summed E-state index contributed by atoms with van der Waals surface area (Å²) >= 11 is 0. The van der Waals surface area contributed by atoms with Gasteiger partial charge in [-0.15, -0.1) is 5.10 Å². The molecule has 4 aromatic heterocycles. The largest absolute Gasteiger partial charge is 0.350 e. The highest BCUT2D eigenvalue weighted by Crippen LogP contribution is 2.27. The van der Waals surface area contributed by atoms with Gasteiger partial charge in [0.15, 0.2) is 0 Å². The number of carbonyl (C=O) groups excluding carboxylic acids is 1. The molecule has 1 N–H and O–H groups in total. The van der Waals surface area contributed by atoms with Gasteiger partial charge in [0, 0.05) is 42.7 Å². The summed E-state index contributed by atoms with van der Waals surface area (Å²) < 4.78 is 3.77. The zero-order chi connectivity index (χ0) is 22.4. The maximum absolute atomic E-state index is 13.0. The summed E-state index contributed by atoms with van der Waals surface area (Å²) in [5.41, 5.74) is 4.33. The molecule has 0 unspecified atom stereocenters. The highest BCUT2D eigenvalue weighted by Gasteiger charge is 2.23. The Hall–Kier alpha value is -3.46. The highest BCUT2D eigenvalue weighted by atomic mass is 16.2. The molecule has 0 atom stereocenters. The minimum absolute atomic E-state index is 0.0480. The molecule has 2 aliphatic heterocycles. The third kappa shape index (κ3) is 3.72. The molecule has 0 aromatic carbocycles. The van der Waals surface area contributed by atoms with Crippen LogP contribution in [0.25, 0.3) is 22.3 Å². The Morgan fingerprint density at radius 1 is 1.03 bits per heavy atom. The number of pyridine rings is 1. The Kier molecular flexibility index (Phi) is 4.98. The Bertz CT molecular complexity index is 1310. The van der Waals surface area contributed by atoms with Crippen molar-refractivity contribution in [1.82, 2.24) is 33.8 Å². The van der Waals surface area contributed by atoms with E-state index in [1.165, 1.54) is 0 Å². The van der Waals surface area contributed by atoms with Crippen LogP contribution in [0.15, 0.2) is 43.0 Å². The lowest BCUT2D eigenvalue weighted by Gasteiger charge is -2.29. The molecule has 0 radical (unpaired) electrons. The molecule has 2 fully saturated rings. The third-order valence-electron chi connectivity index (χ3n) is 6.90. The van der Waals surface area contributed by atoms with Crippen LogP contribution in [0.3, 0.4) is 0 Å². The first-order valence-electron chi connectivity index (χ1n) is 11.7. The number of fused-ring (bicyclic) bond motifs is 2. The number of nitrogens with one attached hydrogen (secondary N) is 1. The van der Waals surface area contributed by atoms with E-state index in [1.807, 2.05) is 50.6 Å². The number of likely N-dealkylation sites (tertiary alicyclic amines) is 2. The number of hydrogen-bond donors (Lipinski definition) is 1. The van der Waals surface area contributed by atoms with Gasteiger partial charge in [-0.1, -0.05) is 0 Å². The molecule has 9 nitrogen and oxygen atoms in total. The second-order valence-corrected chi connectivity index (χ2v) is 9.15. The number of hydrogen-bond acceptors (Lipinski definition) is 6. The van der Waals surface area contributed by atoms with Crippen LogP contribution >= 0.6 is 0 Å². The average Bonchev–Trinajstić information content (AvgIpc) is 3.59. The molecule has 0 aliphatic carbocycles. The predicted octanol–water partition coefficient (Wildman–Crippen LogP) is 2.79. The van der Waals surface area contributed by atoms with E-state index in [4.69, 9.17) is 0 Å². The molecule has 4 aromatic rings. The van der Waals surface area contributed by atoms with Gasteiger partial charge in [-0.3, -0.25) is 9.20 Å². The van der Waals surface area contributed by atoms with Crippen LogP contribution in [0.1, 0.15) is 36.2 Å². The zero-order valence-corrected chi connectivity index (χ0v) is 18.8. The van der Waals surface area contributed by atoms with E-state index in [1.54, 1.807) is 6.20 Å². The van der Waals surface area contributed by atoms with Crippen molar-refractivity contribution in [2.24, 2.45) is 0 Å². The van der Waals surface area contributed by atoms with E-state index in [0.29, 0.717) is 17.7 Å². The number of aromatic nitrogens is 5. The standard InChI is InChI=1S/C24H28N8O/c1-29-11-6-18(7-12-29)27-24-26-14-20-19(8-13-32(20)28-24)17-4-5-22-25-15-21(31(22)16-17)23(33)30-9-2-3-10-30/h4-5,8,13-16,18H,2-3,6-7,9-12H2,1H3,(H,27,28). The van der Waals surface area contributed by atoms with Gasteiger partial charge in [-0.05, 0) is 64.0 Å². The number of nitrogens with zero attached hydrogens (tertiary/aromatic N) is 7. The van der Waals surface area contributed by atoms with Crippen LogP contribution in [0.5, 0.6) is 0 Å². The fourth-order valence-corrected chi connectivity index (χ4v) is 4.93. The molecule has 0 saturated carbocycles. The highest BCUT2D eigenvalue weighted by molar-refractivity contribution is 5.93. The van der Waals surface area contributed by atoms with Crippen molar-refractivity contribution in [3.8, 4) is 11.1 Å². The normalized spacial score (nSPS) is 17.9. The average molecular weight is 445 g/mol.